The number of pyridine rings is 1. The standard InChI is InChI=1S/C20H15ClF3NO2/c1-12-18(11-19(21)13(2)25-12)14-6-8-15(9-7-14)26-16-4-3-5-17(10-16)27-20(22,23)24/h3-11H,1-2H3. The molecule has 0 fully saturated rings. The van der Waals surface area contributed by atoms with Crippen LogP contribution in [0, 0.1) is 13.8 Å². The van der Waals surface area contributed by atoms with Gasteiger partial charge in [0.2, 0.25) is 0 Å². The molecular formula is C20H15ClF3NO2. The maximum atomic E-state index is 12.3. The molecule has 0 aliphatic heterocycles. The highest BCUT2D eigenvalue weighted by molar-refractivity contribution is 6.31. The van der Waals surface area contributed by atoms with Crippen molar-refractivity contribution in [2.45, 2.75) is 20.2 Å². The van der Waals surface area contributed by atoms with Gasteiger partial charge in [0.15, 0.2) is 0 Å². The number of alkyl halides is 3. The van der Waals surface area contributed by atoms with Gasteiger partial charge in [-0.05, 0) is 49.7 Å². The van der Waals surface area contributed by atoms with Crippen LogP contribution in [0.4, 0.5) is 13.2 Å². The quantitative estimate of drug-likeness (QED) is 0.493. The summed E-state index contributed by atoms with van der Waals surface area (Å²) in [5.74, 6) is 0.375. The predicted molar refractivity (Wildman–Crippen MR) is 97.4 cm³/mol. The Labute approximate surface area is 159 Å². The molecule has 1 aromatic heterocycles. The molecule has 0 spiro atoms. The average Bonchev–Trinajstić information content (AvgIpc) is 2.58. The number of hydrogen-bond acceptors (Lipinski definition) is 3. The van der Waals surface area contributed by atoms with Crippen LogP contribution >= 0.6 is 11.6 Å². The molecule has 7 heteroatoms. The molecule has 140 valence electrons. The first-order valence-electron chi connectivity index (χ1n) is 7.99. The van der Waals surface area contributed by atoms with Crippen LogP contribution < -0.4 is 9.47 Å². The Morgan fingerprint density at radius 3 is 2.19 bits per heavy atom. The molecule has 27 heavy (non-hydrogen) atoms. The molecule has 3 rings (SSSR count). The highest BCUT2D eigenvalue weighted by Crippen LogP contribution is 2.31. The number of aromatic nitrogens is 1. The van der Waals surface area contributed by atoms with Gasteiger partial charge in [0.05, 0.1) is 10.7 Å². The summed E-state index contributed by atoms with van der Waals surface area (Å²) < 4.78 is 46.4. The summed E-state index contributed by atoms with van der Waals surface area (Å²) in [4.78, 5) is 4.41. The van der Waals surface area contributed by atoms with Gasteiger partial charge < -0.3 is 9.47 Å². The van der Waals surface area contributed by atoms with Crippen molar-refractivity contribution in [2.24, 2.45) is 0 Å². The lowest BCUT2D eigenvalue weighted by Crippen LogP contribution is -2.16. The molecule has 0 unspecified atom stereocenters. The Balaban J connectivity index is 1.79. The number of aryl methyl sites for hydroxylation is 2. The van der Waals surface area contributed by atoms with Crippen molar-refractivity contribution in [3.05, 3.63) is 71.0 Å². The van der Waals surface area contributed by atoms with E-state index >= 15 is 0 Å². The monoisotopic (exact) mass is 393 g/mol. The molecule has 1 heterocycles. The van der Waals surface area contributed by atoms with Crippen LogP contribution in [-0.4, -0.2) is 11.3 Å². The normalized spacial score (nSPS) is 11.3. The minimum Gasteiger partial charge on any atom is -0.457 e. The number of nitrogens with zero attached hydrogens (tertiary/aromatic N) is 1. The fraction of sp³-hybridized carbons (Fsp3) is 0.150. The van der Waals surface area contributed by atoms with Crippen LogP contribution in [0.15, 0.2) is 54.6 Å². The molecule has 0 bridgehead atoms. The van der Waals surface area contributed by atoms with Gasteiger partial charge in [-0.3, -0.25) is 4.98 Å². The number of halogens is 4. The second kappa shape index (κ2) is 7.48. The third-order valence-electron chi connectivity index (χ3n) is 3.78. The fourth-order valence-electron chi connectivity index (χ4n) is 2.57. The Bertz CT molecular complexity index is 956. The lowest BCUT2D eigenvalue weighted by Gasteiger charge is -2.12. The number of rotatable bonds is 4. The average molecular weight is 394 g/mol. The largest absolute Gasteiger partial charge is 0.573 e. The highest BCUT2D eigenvalue weighted by atomic mass is 35.5. The summed E-state index contributed by atoms with van der Waals surface area (Å²) >= 11 is 6.16. The second-order valence-electron chi connectivity index (χ2n) is 5.84. The first kappa shape index (κ1) is 19.0. The van der Waals surface area contributed by atoms with E-state index in [1.807, 2.05) is 32.0 Å². The van der Waals surface area contributed by atoms with Crippen LogP contribution in [0.25, 0.3) is 11.1 Å². The Kier molecular flexibility index (Phi) is 5.28. The highest BCUT2D eigenvalue weighted by Gasteiger charge is 2.31. The van der Waals surface area contributed by atoms with E-state index in [9.17, 15) is 13.2 Å². The van der Waals surface area contributed by atoms with Gasteiger partial charge in [-0.2, -0.15) is 0 Å². The minimum atomic E-state index is -4.75. The summed E-state index contributed by atoms with van der Waals surface area (Å²) in [6.07, 6.45) is -4.75. The zero-order valence-electron chi connectivity index (χ0n) is 14.5. The van der Waals surface area contributed by atoms with Gasteiger partial charge in [-0.1, -0.05) is 29.8 Å². The predicted octanol–water partition coefficient (Wildman–Crippen LogP) is 6.71. The minimum absolute atomic E-state index is 0.237. The van der Waals surface area contributed by atoms with Crippen LogP contribution in [0.5, 0.6) is 17.2 Å². The summed E-state index contributed by atoms with van der Waals surface area (Å²) in [7, 11) is 0. The number of benzene rings is 2. The van der Waals surface area contributed by atoms with Crippen LogP contribution in [0.3, 0.4) is 0 Å². The van der Waals surface area contributed by atoms with Gasteiger partial charge >= 0.3 is 6.36 Å². The number of ether oxygens (including phenoxy) is 2. The molecular weight excluding hydrogens is 379 g/mol. The molecule has 3 aromatic rings. The van der Waals surface area contributed by atoms with Crippen molar-refractivity contribution >= 4 is 11.6 Å². The summed E-state index contributed by atoms with van der Waals surface area (Å²) in [5, 5.41) is 0.581. The van der Waals surface area contributed by atoms with E-state index < -0.39 is 6.36 Å². The molecule has 0 radical (unpaired) electrons. The molecule has 0 saturated heterocycles. The summed E-state index contributed by atoms with van der Waals surface area (Å²) in [6, 6.07) is 14.3. The maximum Gasteiger partial charge on any atom is 0.573 e. The van der Waals surface area contributed by atoms with Crippen molar-refractivity contribution in [3.63, 3.8) is 0 Å². The molecule has 3 nitrogen and oxygen atoms in total. The van der Waals surface area contributed by atoms with Gasteiger partial charge in [0.1, 0.15) is 17.2 Å². The van der Waals surface area contributed by atoms with Crippen molar-refractivity contribution in [1.29, 1.82) is 0 Å². The maximum absolute atomic E-state index is 12.3. The van der Waals surface area contributed by atoms with Crippen molar-refractivity contribution < 1.29 is 22.6 Å². The van der Waals surface area contributed by atoms with Gasteiger partial charge in [-0.15, -0.1) is 13.2 Å². The third kappa shape index (κ3) is 4.92. The Hall–Kier alpha value is -2.73. The SMILES string of the molecule is Cc1nc(C)c(-c2ccc(Oc3cccc(OC(F)(F)F)c3)cc2)cc1Cl. The van der Waals surface area contributed by atoms with Crippen LogP contribution in [-0.2, 0) is 0 Å². The van der Waals surface area contributed by atoms with Crippen molar-refractivity contribution in [2.75, 3.05) is 0 Å². The van der Waals surface area contributed by atoms with Gasteiger partial charge in [0, 0.05) is 17.3 Å². The van der Waals surface area contributed by atoms with E-state index in [-0.39, 0.29) is 11.5 Å². The Morgan fingerprint density at radius 1 is 0.852 bits per heavy atom. The first-order chi connectivity index (χ1) is 12.7. The smallest absolute Gasteiger partial charge is 0.457 e. The van der Waals surface area contributed by atoms with Gasteiger partial charge in [0.25, 0.3) is 0 Å². The van der Waals surface area contributed by atoms with E-state index in [0.717, 1.165) is 22.5 Å². The molecule has 0 aliphatic carbocycles. The molecule has 0 amide bonds. The lowest BCUT2D eigenvalue weighted by molar-refractivity contribution is -0.274. The van der Waals surface area contributed by atoms with Crippen LogP contribution in [0.2, 0.25) is 5.02 Å². The van der Waals surface area contributed by atoms with Crippen LogP contribution in [0.1, 0.15) is 11.4 Å². The molecule has 0 saturated carbocycles. The molecule has 0 N–H and O–H groups in total. The van der Waals surface area contributed by atoms with Crippen molar-refractivity contribution in [1.82, 2.24) is 4.98 Å². The van der Waals surface area contributed by atoms with E-state index in [1.54, 1.807) is 18.2 Å². The van der Waals surface area contributed by atoms with E-state index in [1.165, 1.54) is 18.2 Å². The Morgan fingerprint density at radius 2 is 1.52 bits per heavy atom. The topological polar surface area (TPSA) is 31.4 Å². The molecule has 0 atom stereocenters. The van der Waals surface area contributed by atoms with Crippen molar-refractivity contribution in [3.8, 4) is 28.4 Å². The van der Waals surface area contributed by atoms with E-state index in [0.29, 0.717) is 10.8 Å². The second-order valence-corrected chi connectivity index (χ2v) is 6.24. The molecule has 2 aromatic carbocycles. The fourth-order valence-corrected chi connectivity index (χ4v) is 2.72. The molecule has 0 aliphatic rings. The zero-order chi connectivity index (χ0) is 19.6. The number of hydrogen-bond donors (Lipinski definition) is 0. The first-order valence-corrected chi connectivity index (χ1v) is 8.37. The van der Waals surface area contributed by atoms with Gasteiger partial charge in [-0.25, -0.2) is 0 Å². The van der Waals surface area contributed by atoms with E-state index in [2.05, 4.69) is 9.72 Å². The summed E-state index contributed by atoms with van der Waals surface area (Å²) in [5.41, 5.74) is 3.42. The third-order valence-corrected chi connectivity index (χ3v) is 4.16. The van der Waals surface area contributed by atoms with E-state index in [4.69, 9.17) is 16.3 Å². The summed E-state index contributed by atoms with van der Waals surface area (Å²) in [6.45, 7) is 3.74. The lowest BCUT2D eigenvalue weighted by atomic mass is 10.0. The zero-order valence-corrected chi connectivity index (χ0v) is 15.2.